The highest BCUT2D eigenvalue weighted by molar-refractivity contribution is 7.09. The van der Waals surface area contributed by atoms with Crippen LogP contribution in [0.15, 0.2) is 17.6 Å². The minimum absolute atomic E-state index is 0.0775. The molecule has 2 aromatic rings. The average molecular weight is 294 g/mol. The van der Waals surface area contributed by atoms with Crippen molar-refractivity contribution in [2.75, 3.05) is 5.32 Å². The van der Waals surface area contributed by atoms with Gasteiger partial charge in [-0.25, -0.2) is 14.8 Å². The van der Waals surface area contributed by atoms with E-state index in [-0.39, 0.29) is 17.1 Å². The minimum atomic E-state index is -1.28. The summed E-state index contributed by atoms with van der Waals surface area (Å²) >= 11 is 1.48. The SMILES string of the molecule is Cc1nc(CNc2ncc([N+](=O)[O-])cc2C(=O)O)cs1. The first-order valence-corrected chi connectivity index (χ1v) is 6.38. The van der Waals surface area contributed by atoms with Crippen molar-refractivity contribution in [3.8, 4) is 0 Å². The Morgan fingerprint density at radius 2 is 2.35 bits per heavy atom. The van der Waals surface area contributed by atoms with Gasteiger partial charge in [0, 0.05) is 11.4 Å². The molecule has 2 N–H and O–H groups in total. The van der Waals surface area contributed by atoms with Crippen molar-refractivity contribution < 1.29 is 14.8 Å². The van der Waals surface area contributed by atoms with E-state index in [0.29, 0.717) is 6.54 Å². The maximum atomic E-state index is 11.1. The number of nitro groups is 1. The first-order chi connectivity index (χ1) is 9.47. The van der Waals surface area contributed by atoms with E-state index >= 15 is 0 Å². The molecule has 0 unspecified atom stereocenters. The summed E-state index contributed by atoms with van der Waals surface area (Å²) in [7, 11) is 0. The van der Waals surface area contributed by atoms with E-state index in [1.807, 2.05) is 12.3 Å². The topological polar surface area (TPSA) is 118 Å². The lowest BCUT2D eigenvalue weighted by atomic mass is 10.2. The molecule has 2 heterocycles. The summed E-state index contributed by atoms with van der Waals surface area (Å²) in [5.74, 6) is -1.20. The number of carboxylic acids is 1. The second-order valence-corrected chi connectivity index (χ2v) is 4.93. The molecule has 0 atom stereocenters. The van der Waals surface area contributed by atoms with Crippen molar-refractivity contribution in [2.45, 2.75) is 13.5 Å². The number of aromatic nitrogens is 2. The highest BCUT2D eigenvalue weighted by atomic mass is 32.1. The van der Waals surface area contributed by atoms with E-state index in [1.54, 1.807) is 0 Å². The maximum Gasteiger partial charge on any atom is 0.339 e. The van der Waals surface area contributed by atoms with Crippen LogP contribution in [-0.4, -0.2) is 26.0 Å². The Morgan fingerprint density at radius 1 is 1.60 bits per heavy atom. The fourth-order valence-corrected chi connectivity index (χ4v) is 2.13. The molecule has 0 amide bonds. The lowest BCUT2D eigenvalue weighted by molar-refractivity contribution is -0.385. The normalized spacial score (nSPS) is 10.2. The quantitative estimate of drug-likeness (QED) is 0.640. The highest BCUT2D eigenvalue weighted by Gasteiger charge is 2.17. The number of thiazole rings is 1. The molecule has 0 aromatic carbocycles. The van der Waals surface area contributed by atoms with Gasteiger partial charge in [-0.3, -0.25) is 10.1 Å². The number of aromatic carboxylic acids is 1. The van der Waals surface area contributed by atoms with Gasteiger partial charge < -0.3 is 10.4 Å². The van der Waals surface area contributed by atoms with Crippen LogP contribution in [-0.2, 0) is 6.54 Å². The molecule has 8 nitrogen and oxygen atoms in total. The monoisotopic (exact) mass is 294 g/mol. The van der Waals surface area contributed by atoms with Crippen LogP contribution in [0.25, 0.3) is 0 Å². The minimum Gasteiger partial charge on any atom is -0.478 e. The van der Waals surface area contributed by atoms with Crippen LogP contribution >= 0.6 is 11.3 Å². The van der Waals surface area contributed by atoms with Crippen LogP contribution in [0.3, 0.4) is 0 Å². The molecule has 0 spiro atoms. The van der Waals surface area contributed by atoms with Crippen LogP contribution < -0.4 is 5.32 Å². The Bertz CT molecular complexity index is 670. The van der Waals surface area contributed by atoms with E-state index in [4.69, 9.17) is 5.11 Å². The van der Waals surface area contributed by atoms with Crippen molar-refractivity contribution in [1.29, 1.82) is 0 Å². The van der Waals surface area contributed by atoms with E-state index < -0.39 is 10.9 Å². The van der Waals surface area contributed by atoms with Crippen molar-refractivity contribution in [1.82, 2.24) is 9.97 Å². The number of rotatable bonds is 5. The molecular weight excluding hydrogens is 284 g/mol. The number of pyridine rings is 1. The smallest absolute Gasteiger partial charge is 0.339 e. The Hall–Kier alpha value is -2.55. The summed E-state index contributed by atoms with van der Waals surface area (Å²) < 4.78 is 0. The molecule has 0 aliphatic carbocycles. The predicted molar refractivity (Wildman–Crippen MR) is 72.0 cm³/mol. The van der Waals surface area contributed by atoms with E-state index in [0.717, 1.165) is 23.0 Å². The molecule has 104 valence electrons. The van der Waals surface area contributed by atoms with Gasteiger partial charge in [-0.15, -0.1) is 11.3 Å². The second-order valence-electron chi connectivity index (χ2n) is 3.86. The fraction of sp³-hybridized carbons (Fsp3) is 0.182. The Balaban J connectivity index is 2.22. The Kier molecular flexibility index (Phi) is 3.89. The van der Waals surface area contributed by atoms with Gasteiger partial charge in [-0.05, 0) is 6.92 Å². The van der Waals surface area contributed by atoms with Crippen LogP contribution in [0.4, 0.5) is 11.5 Å². The van der Waals surface area contributed by atoms with Gasteiger partial charge in [0.15, 0.2) is 0 Å². The second kappa shape index (κ2) is 5.61. The number of nitrogens with zero attached hydrogens (tertiary/aromatic N) is 3. The van der Waals surface area contributed by atoms with E-state index in [9.17, 15) is 14.9 Å². The van der Waals surface area contributed by atoms with Crippen LogP contribution in [0.1, 0.15) is 21.1 Å². The third-order valence-electron chi connectivity index (χ3n) is 2.42. The first-order valence-electron chi connectivity index (χ1n) is 5.50. The largest absolute Gasteiger partial charge is 0.478 e. The van der Waals surface area contributed by atoms with Crippen LogP contribution in [0, 0.1) is 17.0 Å². The molecule has 20 heavy (non-hydrogen) atoms. The van der Waals surface area contributed by atoms with Crippen molar-refractivity contribution >= 4 is 28.8 Å². The molecule has 2 aromatic heterocycles. The van der Waals surface area contributed by atoms with Crippen molar-refractivity contribution in [2.24, 2.45) is 0 Å². The van der Waals surface area contributed by atoms with Gasteiger partial charge in [0.05, 0.1) is 22.2 Å². The molecule has 0 aliphatic heterocycles. The molecule has 0 saturated heterocycles. The standard InChI is InChI=1S/C11H10N4O4S/c1-6-14-7(5-20-6)3-12-10-9(11(16)17)2-8(4-13-10)15(18)19/h2,4-5H,3H2,1H3,(H,12,13)(H,16,17). The summed E-state index contributed by atoms with van der Waals surface area (Å²) in [5.41, 5.74) is 0.146. The Labute approximate surface area is 117 Å². The predicted octanol–water partition coefficient (Wildman–Crippen LogP) is 2.07. The molecule has 2 rings (SSSR count). The van der Waals surface area contributed by atoms with Gasteiger partial charge >= 0.3 is 5.97 Å². The zero-order valence-corrected chi connectivity index (χ0v) is 11.2. The first kappa shape index (κ1) is 13.9. The number of hydrogen-bond acceptors (Lipinski definition) is 7. The molecule has 0 saturated carbocycles. The maximum absolute atomic E-state index is 11.1. The summed E-state index contributed by atoms with van der Waals surface area (Å²) in [6.45, 7) is 2.16. The third-order valence-corrected chi connectivity index (χ3v) is 3.24. The lowest BCUT2D eigenvalue weighted by Crippen LogP contribution is -2.09. The number of carboxylic acid groups (broad SMARTS) is 1. The molecular formula is C11H10N4O4S. The zero-order valence-electron chi connectivity index (χ0n) is 10.4. The number of hydrogen-bond donors (Lipinski definition) is 2. The zero-order chi connectivity index (χ0) is 14.7. The van der Waals surface area contributed by atoms with Crippen molar-refractivity contribution in [3.63, 3.8) is 0 Å². The summed E-state index contributed by atoms with van der Waals surface area (Å²) in [5, 5.41) is 25.2. The summed E-state index contributed by atoms with van der Waals surface area (Å²) in [6.07, 6.45) is 1.01. The fourth-order valence-electron chi connectivity index (χ4n) is 1.52. The van der Waals surface area contributed by atoms with E-state index in [2.05, 4.69) is 15.3 Å². The lowest BCUT2D eigenvalue weighted by Gasteiger charge is -2.06. The van der Waals surface area contributed by atoms with Crippen LogP contribution in [0.5, 0.6) is 0 Å². The molecule has 0 bridgehead atoms. The Morgan fingerprint density at radius 3 is 2.90 bits per heavy atom. The highest BCUT2D eigenvalue weighted by Crippen LogP contribution is 2.20. The van der Waals surface area contributed by atoms with Crippen molar-refractivity contribution in [3.05, 3.63) is 44.0 Å². The van der Waals surface area contributed by atoms with Gasteiger partial charge in [0.1, 0.15) is 17.6 Å². The van der Waals surface area contributed by atoms with Crippen LogP contribution in [0.2, 0.25) is 0 Å². The summed E-state index contributed by atoms with van der Waals surface area (Å²) in [6, 6.07) is 0.976. The molecule has 0 fully saturated rings. The van der Waals surface area contributed by atoms with Gasteiger partial charge in [-0.1, -0.05) is 0 Å². The number of carbonyl (C=O) groups is 1. The average Bonchev–Trinajstić information content (AvgIpc) is 2.81. The van der Waals surface area contributed by atoms with E-state index in [1.165, 1.54) is 11.3 Å². The van der Waals surface area contributed by atoms with Gasteiger partial charge in [-0.2, -0.15) is 0 Å². The number of aryl methyl sites for hydroxylation is 1. The molecule has 0 aliphatic rings. The summed E-state index contributed by atoms with van der Waals surface area (Å²) in [4.78, 5) is 29.0. The van der Waals surface area contributed by atoms with Gasteiger partial charge in [0.25, 0.3) is 5.69 Å². The molecule has 9 heteroatoms. The van der Waals surface area contributed by atoms with Gasteiger partial charge in [0.2, 0.25) is 0 Å². The number of anilines is 1. The number of nitrogens with one attached hydrogen (secondary N) is 1. The third kappa shape index (κ3) is 3.06. The molecule has 0 radical (unpaired) electrons.